The van der Waals surface area contributed by atoms with Gasteiger partial charge in [0.1, 0.15) is 24.7 Å². The molecule has 0 saturated carbocycles. The zero-order valence-corrected chi connectivity index (χ0v) is 16.7. The third-order valence-electron chi connectivity index (χ3n) is 5.27. The maximum atomic E-state index is 11.9. The standard InChI is InChI=1S/C19H22N8O2/c1-4-27-12(2)14(9-23-27)17-24-16-18(25(17)3)21-11-22-19(16)29-13-6-8-26(10-13)15(28)5-7-20/h9,11,13H,4-6,8,10H2,1-3H3/t13-/m0/s1. The van der Waals surface area contributed by atoms with Crippen LogP contribution in [0.4, 0.5) is 0 Å². The van der Waals surface area contributed by atoms with Crippen LogP contribution in [0.3, 0.4) is 0 Å². The van der Waals surface area contributed by atoms with Gasteiger partial charge in [0.15, 0.2) is 11.2 Å². The molecule has 0 aromatic carbocycles. The Morgan fingerprint density at radius 2 is 2.24 bits per heavy atom. The molecule has 10 heteroatoms. The van der Waals surface area contributed by atoms with Crippen LogP contribution in [0.1, 0.15) is 25.5 Å². The van der Waals surface area contributed by atoms with Gasteiger partial charge in [-0.15, -0.1) is 0 Å². The van der Waals surface area contributed by atoms with Crippen molar-refractivity contribution in [3.8, 4) is 23.3 Å². The molecule has 4 heterocycles. The summed E-state index contributed by atoms with van der Waals surface area (Å²) in [5.74, 6) is 0.978. The molecule has 3 aromatic heterocycles. The summed E-state index contributed by atoms with van der Waals surface area (Å²) >= 11 is 0. The molecule has 0 bridgehead atoms. The maximum Gasteiger partial charge on any atom is 0.245 e. The minimum Gasteiger partial charge on any atom is -0.471 e. The van der Waals surface area contributed by atoms with Gasteiger partial charge in [-0.1, -0.05) is 0 Å². The number of hydrogen-bond donors (Lipinski definition) is 0. The van der Waals surface area contributed by atoms with Crippen molar-refractivity contribution in [2.45, 2.75) is 39.3 Å². The highest BCUT2D eigenvalue weighted by Crippen LogP contribution is 2.29. The molecule has 3 aromatic rings. The molecule has 1 saturated heterocycles. The Hall–Kier alpha value is -3.48. The molecule has 0 N–H and O–H groups in total. The predicted octanol–water partition coefficient (Wildman–Crippen LogP) is 1.45. The fourth-order valence-corrected chi connectivity index (χ4v) is 3.68. The van der Waals surface area contributed by atoms with Crippen LogP contribution < -0.4 is 4.74 Å². The summed E-state index contributed by atoms with van der Waals surface area (Å²) in [6.45, 7) is 5.85. The van der Waals surface area contributed by atoms with Gasteiger partial charge < -0.3 is 14.2 Å². The fraction of sp³-hybridized carbons (Fsp3) is 0.474. The third-order valence-corrected chi connectivity index (χ3v) is 5.27. The zero-order chi connectivity index (χ0) is 20.5. The molecule has 0 spiro atoms. The molecule has 4 rings (SSSR count). The van der Waals surface area contributed by atoms with Crippen LogP contribution in [-0.4, -0.2) is 59.3 Å². The number of imidazole rings is 1. The first kappa shape index (κ1) is 18.9. The number of carbonyl (C=O) groups excluding carboxylic acids is 1. The van der Waals surface area contributed by atoms with Crippen molar-refractivity contribution >= 4 is 17.1 Å². The van der Waals surface area contributed by atoms with Gasteiger partial charge in [-0.3, -0.25) is 9.48 Å². The zero-order valence-electron chi connectivity index (χ0n) is 16.7. The SMILES string of the molecule is CCn1ncc(-c2nc3c(O[C@H]4CCN(C(=O)CC#N)C4)ncnc3n2C)c1C. The molecule has 10 nitrogen and oxygen atoms in total. The van der Waals surface area contributed by atoms with Gasteiger partial charge in [0.05, 0.1) is 24.4 Å². The quantitative estimate of drug-likeness (QED) is 0.643. The van der Waals surface area contributed by atoms with E-state index in [1.807, 2.05) is 42.4 Å². The van der Waals surface area contributed by atoms with E-state index in [1.165, 1.54) is 6.33 Å². The number of hydrogen-bond acceptors (Lipinski definition) is 7. The van der Waals surface area contributed by atoms with Gasteiger partial charge in [0.25, 0.3) is 0 Å². The van der Waals surface area contributed by atoms with Crippen LogP contribution in [0, 0.1) is 18.3 Å². The first-order chi connectivity index (χ1) is 14.0. The second-order valence-corrected chi connectivity index (χ2v) is 7.01. The highest BCUT2D eigenvalue weighted by Gasteiger charge is 2.29. The predicted molar refractivity (Wildman–Crippen MR) is 104 cm³/mol. The average molecular weight is 394 g/mol. The number of aromatic nitrogens is 6. The summed E-state index contributed by atoms with van der Waals surface area (Å²) in [7, 11) is 1.90. The summed E-state index contributed by atoms with van der Waals surface area (Å²) in [4.78, 5) is 27.0. The third kappa shape index (κ3) is 3.29. The van der Waals surface area contributed by atoms with Gasteiger partial charge in [-0.2, -0.15) is 15.3 Å². The molecule has 0 unspecified atom stereocenters. The minimum absolute atomic E-state index is 0.112. The number of rotatable bonds is 5. The molecule has 0 radical (unpaired) electrons. The smallest absolute Gasteiger partial charge is 0.245 e. The van der Waals surface area contributed by atoms with Gasteiger partial charge >= 0.3 is 0 Å². The topological polar surface area (TPSA) is 115 Å². The van der Waals surface area contributed by atoms with Crippen LogP contribution in [0.15, 0.2) is 12.5 Å². The summed E-state index contributed by atoms with van der Waals surface area (Å²) in [5.41, 5.74) is 3.22. The molecule has 0 aliphatic carbocycles. The number of aryl methyl sites for hydroxylation is 2. The van der Waals surface area contributed by atoms with E-state index in [9.17, 15) is 4.79 Å². The highest BCUT2D eigenvalue weighted by molar-refractivity contribution is 5.81. The first-order valence-electron chi connectivity index (χ1n) is 9.55. The van der Waals surface area contributed by atoms with Crippen molar-refractivity contribution < 1.29 is 9.53 Å². The van der Waals surface area contributed by atoms with Crippen molar-refractivity contribution in [3.05, 3.63) is 18.2 Å². The second-order valence-electron chi connectivity index (χ2n) is 7.01. The van der Waals surface area contributed by atoms with E-state index in [0.29, 0.717) is 36.6 Å². The number of ether oxygens (including phenoxy) is 1. The number of carbonyl (C=O) groups is 1. The van der Waals surface area contributed by atoms with Crippen LogP contribution >= 0.6 is 0 Å². The molecular formula is C19H22N8O2. The van der Waals surface area contributed by atoms with Gasteiger partial charge in [0, 0.05) is 32.3 Å². The fourth-order valence-electron chi connectivity index (χ4n) is 3.68. The lowest BCUT2D eigenvalue weighted by Gasteiger charge is -2.15. The van der Waals surface area contributed by atoms with Crippen molar-refractivity contribution in [2.75, 3.05) is 13.1 Å². The van der Waals surface area contributed by atoms with Crippen molar-refractivity contribution in [3.63, 3.8) is 0 Å². The van der Waals surface area contributed by atoms with Crippen molar-refractivity contribution in [1.82, 2.24) is 34.2 Å². The highest BCUT2D eigenvalue weighted by atomic mass is 16.5. The Morgan fingerprint density at radius 1 is 1.41 bits per heavy atom. The van der Waals surface area contributed by atoms with Gasteiger partial charge in [-0.05, 0) is 13.8 Å². The Labute approximate surface area is 167 Å². The maximum absolute atomic E-state index is 11.9. The largest absolute Gasteiger partial charge is 0.471 e. The van der Waals surface area contributed by atoms with Crippen molar-refractivity contribution in [2.24, 2.45) is 7.05 Å². The van der Waals surface area contributed by atoms with E-state index in [0.717, 1.165) is 23.6 Å². The van der Waals surface area contributed by atoms with E-state index in [1.54, 1.807) is 4.90 Å². The first-order valence-corrected chi connectivity index (χ1v) is 9.55. The Bertz CT molecular complexity index is 1110. The van der Waals surface area contributed by atoms with E-state index >= 15 is 0 Å². The van der Waals surface area contributed by atoms with Crippen LogP contribution in [0.2, 0.25) is 0 Å². The summed E-state index contributed by atoms with van der Waals surface area (Å²) in [5, 5.41) is 13.1. The summed E-state index contributed by atoms with van der Waals surface area (Å²) in [6, 6.07) is 1.90. The lowest BCUT2D eigenvalue weighted by atomic mass is 10.2. The molecule has 150 valence electrons. The second kappa shape index (κ2) is 7.50. The Balaban J connectivity index is 1.63. The summed E-state index contributed by atoms with van der Waals surface area (Å²) in [6.07, 6.45) is 3.65. The molecule has 1 aliphatic heterocycles. The monoisotopic (exact) mass is 394 g/mol. The van der Waals surface area contributed by atoms with E-state index < -0.39 is 0 Å². The summed E-state index contributed by atoms with van der Waals surface area (Å²) < 4.78 is 9.91. The van der Waals surface area contributed by atoms with Gasteiger partial charge in [0.2, 0.25) is 11.8 Å². The number of likely N-dealkylation sites (tertiary alicyclic amines) is 1. The molecule has 29 heavy (non-hydrogen) atoms. The van der Waals surface area contributed by atoms with E-state index in [2.05, 4.69) is 15.1 Å². The van der Waals surface area contributed by atoms with Crippen LogP contribution in [0.5, 0.6) is 5.88 Å². The minimum atomic E-state index is -0.189. The molecule has 1 amide bonds. The van der Waals surface area contributed by atoms with Crippen molar-refractivity contribution in [1.29, 1.82) is 5.26 Å². The number of nitrogens with zero attached hydrogens (tertiary/aromatic N) is 8. The number of amides is 1. The molecule has 1 atom stereocenters. The molecular weight excluding hydrogens is 372 g/mol. The normalized spacial score (nSPS) is 16.3. The Morgan fingerprint density at radius 3 is 2.97 bits per heavy atom. The van der Waals surface area contributed by atoms with Crippen LogP contribution in [-0.2, 0) is 18.4 Å². The van der Waals surface area contributed by atoms with Crippen LogP contribution in [0.25, 0.3) is 22.6 Å². The Kier molecular flexibility index (Phi) is 4.88. The lowest BCUT2D eigenvalue weighted by molar-refractivity contribution is -0.129. The number of fused-ring (bicyclic) bond motifs is 1. The van der Waals surface area contributed by atoms with E-state index in [-0.39, 0.29) is 18.4 Å². The number of nitriles is 1. The lowest BCUT2D eigenvalue weighted by Crippen LogP contribution is -2.30. The molecule has 1 fully saturated rings. The average Bonchev–Trinajstić information content (AvgIpc) is 3.41. The van der Waals surface area contributed by atoms with E-state index in [4.69, 9.17) is 15.0 Å². The molecule has 1 aliphatic rings. The van der Waals surface area contributed by atoms with Gasteiger partial charge in [-0.25, -0.2) is 9.97 Å².